The molecule has 0 spiro atoms. The molecule has 4 nitrogen and oxygen atoms in total. The molecule has 0 aromatic carbocycles. The summed E-state index contributed by atoms with van der Waals surface area (Å²) in [4.78, 5) is 26.5. The quantitative estimate of drug-likeness (QED) is 0.740. The summed E-state index contributed by atoms with van der Waals surface area (Å²) in [6, 6.07) is -0.0311. The fourth-order valence-electron chi connectivity index (χ4n) is 3.02. The van der Waals surface area contributed by atoms with Crippen molar-refractivity contribution >= 4 is 11.9 Å². The molecule has 0 N–H and O–H groups in total. The van der Waals surface area contributed by atoms with Crippen LogP contribution in [0.5, 0.6) is 0 Å². The molecule has 1 atom stereocenters. The van der Waals surface area contributed by atoms with Crippen molar-refractivity contribution in [3.8, 4) is 0 Å². The topological polar surface area (TPSA) is 40.6 Å². The molecule has 1 unspecified atom stereocenters. The Labute approximate surface area is 103 Å². The smallest absolute Gasteiger partial charge is 0.324 e. The number of nitrogens with zero attached hydrogens (tertiary/aromatic N) is 2. The molecule has 17 heavy (non-hydrogen) atoms. The van der Waals surface area contributed by atoms with Crippen molar-refractivity contribution in [2.45, 2.75) is 51.0 Å². The van der Waals surface area contributed by atoms with Crippen LogP contribution < -0.4 is 0 Å². The number of carbonyl (C=O) groups excluding carboxylic acids is 2. The monoisotopic (exact) mass is 238 g/mol. The van der Waals surface area contributed by atoms with E-state index in [4.69, 9.17) is 0 Å². The molecular weight excluding hydrogens is 216 g/mol. The van der Waals surface area contributed by atoms with Gasteiger partial charge in [0.25, 0.3) is 0 Å². The van der Waals surface area contributed by atoms with E-state index >= 15 is 0 Å². The molecule has 0 bridgehead atoms. The van der Waals surface area contributed by atoms with Crippen LogP contribution in [0.25, 0.3) is 0 Å². The Bertz CT molecular complexity index is 311. The first-order chi connectivity index (χ1) is 8.09. The lowest BCUT2D eigenvalue weighted by Gasteiger charge is -2.38. The standard InChI is InChI=1S/C13H22N2O2/c1-14-11(8-10-6-4-3-5-7-10)9-12(16)15(2)13(14)17/h10-11H,3-9H2,1-2H3. The van der Waals surface area contributed by atoms with Crippen molar-refractivity contribution in [3.63, 3.8) is 0 Å². The summed E-state index contributed by atoms with van der Waals surface area (Å²) < 4.78 is 0. The highest BCUT2D eigenvalue weighted by Crippen LogP contribution is 2.30. The zero-order valence-corrected chi connectivity index (χ0v) is 10.8. The predicted molar refractivity (Wildman–Crippen MR) is 65.5 cm³/mol. The molecule has 1 heterocycles. The maximum absolute atomic E-state index is 11.8. The van der Waals surface area contributed by atoms with Crippen molar-refractivity contribution in [1.29, 1.82) is 0 Å². The Hall–Kier alpha value is -1.06. The maximum atomic E-state index is 11.8. The molecule has 96 valence electrons. The molecule has 1 aliphatic heterocycles. The van der Waals surface area contributed by atoms with Gasteiger partial charge in [0, 0.05) is 26.6 Å². The van der Waals surface area contributed by atoms with E-state index < -0.39 is 0 Å². The van der Waals surface area contributed by atoms with Gasteiger partial charge in [-0.1, -0.05) is 32.1 Å². The Balaban J connectivity index is 1.95. The van der Waals surface area contributed by atoms with E-state index in [1.807, 2.05) is 7.05 Å². The average Bonchev–Trinajstić information content (AvgIpc) is 2.35. The van der Waals surface area contributed by atoms with Gasteiger partial charge in [0.2, 0.25) is 5.91 Å². The lowest BCUT2D eigenvalue weighted by molar-refractivity contribution is -0.131. The Morgan fingerprint density at radius 3 is 2.41 bits per heavy atom. The highest BCUT2D eigenvalue weighted by molar-refractivity contribution is 5.96. The maximum Gasteiger partial charge on any atom is 0.326 e. The van der Waals surface area contributed by atoms with Crippen LogP contribution in [-0.2, 0) is 4.79 Å². The number of amides is 3. The highest BCUT2D eigenvalue weighted by Gasteiger charge is 2.35. The van der Waals surface area contributed by atoms with E-state index in [0.29, 0.717) is 12.3 Å². The molecule has 4 heteroatoms. The average molecular weight is 238 g/mol. The zero-order chi connectivity index (χ0) is 12.4. The van der Waals surface area contributed by atoms with Crippen LogP contribution in [0.15, 0.2) is 0 Å². The first-order valence-electron chi connectivity index (χ1n) is 6.63. The minimum Gasteiger partial charge on any atom is -0.324 e. The molecule has 0 aromatic rings. The summed E-state index contributed by atoms with van der Waals surface area (Å²) in [5, 5.41) is 0. The number of carbonyl (C=O) groups is 2. The Morgan fingerprint density at radius 1 is 1.12 bits per heavy atom. The molecule has 1 aliphatic carbocycles. The number of rotatable bonds is 2. The van der Waals surface area contributed by atoms with Gasteiger partial charge in [-0.3, -0.25) is 9.69 Å². The summed E-state index contributed by atoms with van der Waals surface area (Å²) in [7, 11) is 3.39. The first-order valence-corrected chi connectivity index (χ1v) is 6.63. The molecule has 2 fully saturated rings. The molecule has 1 saturated carbocycles. The van der Waals surface area contributed by atoms with Crippen LogP contribution in [0, 0.1) is 5.92 Å². The van der Waals surface area contributed by atoms with Crippen LogP contribution in [-0.4, -0.2) is 41.9 Å². The summed E-state index contributed by atoms with van der Waals surface area (Å²) in [6.45, 7) is 0. The van der Waals surface area contributed by atoms with Gasteiger partial charge in [-0.15, -0.1) is 0 Å². The van der Waals surface area contributed by atoms with E-state index in [2.05, 4.69) is 0 Å². The molecule has 0 radical (unpaired) electrons. The van der Waals surface area contributed by atoms with Gasteiger partial charge in [-0.25, -0.2) is 4.79 Å². The van der Waals surface area contributed by atoms with Crippen LogP contribution >= 0.6 is 0 Å². The largest absolute Gasteiger partial charge is 0.326 e. The van der Waals surface area contributed by atoms with Crippen molar-refractivity contribution < 1.29 is 9.59 Å². The summed E-state index contributed by atoms with van der Waals surface area (Å²) in [5.41, 5.74) is 0. The third kappa shape index (κ3) is 2.61. The Kier molecular flexibility index (Phi) is 3.69. The van der Waals surface area contributed by atoms with Gasteiger partial charge in [0.15, 0.2) is 0 Å². The van der Waals surface area contributed by atoms with Crippen LogP contribution in [0.3, 0.4) is 0 Å². The summed E-state index contributed by atoms with van der Waals surface area (Å²) in [6.07, 6.45) is 7.99. The van der Waals surface area contributed by atoms with Crippen molar-refractivity contribution in [1.82, 2.24) is 9.80 Å². The lowest BCUT2D eigenvalue weighted by atomic mass is 9.83. The van der Waals surface area contributed by atoms with E-state index in [-0.39, 0.29) is 18.0 Å². The van der Waals surface area contributed by atoms with E-state index in [1.54, 1.807) is 11.9 Å². The number of urea groups is 1. The van der Waals surface area contributed by atoms with Gasteiger partial charge in [0.05, 0.1) is 0 Å². The van der Waals surface area contributed by atoms with Gasteiger partial charge < -0.3 is 4.90 Å². The molecule has 2 rings (SSSR count). The fraction of sp³-hybridized carbons (Fsp3) is 0.846. The molecule has 1 saturated heterocycles. The highest BCUT2D eigenvalue weighted by atomic mass is 16.2. The number of imide groups is 1. The second-order valence-corrected chi connectivity index (χ2v) is 5.44. The molecule has 0 aromatic heterocycles. The number of hydrogen-bond donors (Lipinski definition) is 0. The second kappa shape index (κ2) is 5.07. The lowest BCUT2D eigenvalue weighted by Crippen LogP contribution is -2.54. The van der Waals surface area contributed by atoms with Crippen LogP contribution in [0.4, 0.5) is 4.79 Å². The molecular formula is C13H22N2O2. The minimum atomic E-state index is -0.151. The summed E-state index contributed by atoms with van der Waals surface area (Å²) in [5.74, 6) is 0.675. The number of hydrogen-bond acceptors (Lipinski definition) is 2. The van der Waals surface area contributed by atoms with Gasteiger partial charge in [-0.2, -0.15) is 0 Å². The second-order valence-electron chi connectivity index (χ2n) is 5.44. The van der Waals surface area contributed by atoms with Crippen molar-refractivity contribution in [2.24, 2.45) is 5.92 Å². The summed E-state index contributed by atoms with van der Waals surface area (Å²) >= 11 is 0. The third-order valence-corrected chi connectivity index (χ3v) is 4.25. The minimum absolute atomic E-state index is 0.0334. The Morgan fingerprint density at radius 2 is 1.76 bits per heavy atom. The van der Waals surface area contributed by atoms with E-state index in [1.165, 1.54) is 37.0 Å². The van der Waals surface area contributed by atoms with Crippen molar-refractivity contribution in [3.05, 3.63) is 0 Å². The normalized spacial score (nSPS) is 27.8. The molecule has 3 amide bonds. The van der Waals surface area contributed by atoms with Crippen LogP contribution in [0.2, 0.25) is 0 Å². The van der Waals surface area contributed by atoms with E-state index in [0.717, 1.165) is 6.42 Å². The van der Waals surface area contributed by atoms with Gasteiger partial charge in [0.1, 0.15) is 0 Å². The van der Waals surface area contributed by atoms with Crippen molar-refractivity contribution in [2.75, 3.05) is 14.1 Å². The molecule has 2 aliphatic rings. The fourth-order valence-corrected chi connectivity index (χ4v) is 3.02. The van der Waals surface area contributed by atoms with Gasteiger partial charge >= 0.3 is 6.03 Å². The third-order valence-electron chi connectivity index (χ3n) is 4.25. The first kappa shape index (κ1) is 12.4. The SMILES string of the molecule is CN1C(=O)CC(CC2CCCCC2)N(C)C1=O. The van der Waals surface area contributed by atoms with Gasteiger partial charge in [-0.05, 0) is 12.3 Å². The predicted octanol–water partition coefficient (Wildman–Crippen LogP) is 2.24. The van der Waals surface area contributed by atoms with E-state index in [9.17, 15) is 9.59 Å². The zero-order valence-electron chi connectivity index (χ0n) is 10.8. The van der Waals surface area contributed by atoms with Crippen LogP contribution in [0.1, 0.15) is 44.9 Å².